The maximum Gasteiger partial charge on any atom is 0.267 e. The molecule has 0 fully saturated rings. The Hall–Kier alpha value is -3.25. The summed E-state index contributed by atoms with van der Waals surface area (Å²) in [4.78, 5) is 23.0. The molecule has 5 nitrogen and oxygen atoms in total. The minimum atomic E-state index is -0.228. The zero-order valence-electron chi connectivity index (χ0n) is 16.6. The third-order valence-electron chi connectivity index (χ3n) is 4.74. The topological polar surface area (TPSA) is 80.9 Å². The van der Waals surface area contributed by atoms with Gasteiger partial charge in [0.15, 0.2) is 0 Å². The van der Waals surface area contributed by atoms with E-state index in [0.717, 1.165) is 27.3 Å². The number of nitrogens with zero attached hydrogens (tertiary/aromatic N) is 2. The number of nitrogens with two attached hydrogens (primary N) is 1. The zero-order chi connectivity index (χ0) is 20.6. The SMILES string of the molecule is CC(C)(C)c1ccc(NC(=O)c2sc3nc(-c4ccccn4)ccc3c2N)cc1. The first-order valence-electron chi connectivity index (χ1n) is 9.35. The molecule has 4 aromatic rings. The molecule has 0 bridgehead atoms. The standard InChI is InChI=1S/C23H22N4OS/c1-23(2,3)14-7-9-15(10-8-14)26-21(28)20-19(24)16-11-12-18(27-22(16)29-20)17-6-4-5-13-25-17/h4-13H,24H2,1-3H3,(H,26,28). The first kappa shape index (κ1) is 19.1. The summed E-state index contributed by atoms with van der Waals surface area (Å²) in [7, 11) is 0. The molecule has 0 atom stereocenters. The zero-order valence-corrected chi connectivity index (χ0v) is 17.4. The van der Waals surface area contributed by atoms with Gasteiger partial charge in [-0.15, -0.1) is 11.3 Å². The van der Waals surface area contributed by atoms with Crippen molar-refractivity contribution in [3.05, 3.63) is 71.2 Å². The van der Waals surface area contributed by atoms with Crippen LogP contribution in [0, 0.1) is 0 Å². The van der Waals surface area contributed by atoms with Crippen LogP contribution in [0.25, 0.3) is 21.6 Å². The maximum atomic E-state index is 12.8. The molecule has 6 heteroatoms. The Balaban J connectivity index is 1.61. The number of aromatic nitrogens is 2. The van der Waals surface area contributed by atoms with Crippen LogP contribution >= 0.6 is 11.3 Å². The van der Waals surface area contributed by atoms with Gasteiger partial charge in [0, 0.05) is 17.3 Å². The Morgan fingerprint density at radius 1 is 1.00 bits per heavy atom. The van der Waals surface area contributed by atoms with Crippen molar-refractivity contribution < 1.29 is 4.79 Å². The quantitative estimate of drug-likeness (QED) is 0.475. The molecule has 0 aliphatic carbocycles. The highest BCUT2D eigenvalue weighted by Crippen LogP contribution is 2.34. The second-order valence-corrected chi connectivity index (χ2v) is 8.89. The van der Waals surface area contributed by atoms with Gasteiger partial charge in [-0.05, 0) is 47.4 Å². The summed E-state index contributed by atoms with van der Waals surface area (Å²) in [6.07, 6.45) is 1.73. The molecule has 1 amide bonds. The van der Waals surface area contributed by atoms with Crippen molar-refractivity contribution in [2.75, 3.05) is 11.1 Å². The van der Waals surface area contributed by atoms with E-state index in [9.17, 15) is 4.79 Å². The number of rotatable bonds is 3. The van der Waals surface area contributed by atoms with Gasteiger partial charge in [-0.2, -0.15) is 0 Å². The Labute approximate surface area is 173 Å². The monoisotopic (exact) mass is 402 g/mol. The summed E-state index contributed by atoms with van der Waals surface area (Å²) in [5, 5.41) is 3.72. The summed E-state index contributed by atoms with van der Waals surface area (Å²) < 4.78 is 0. The first-order chi connectivity index (χ1) is 13.8. The van der Waals surface area contributed by atoms with Crippen LogP contribution in [0.3, 0.4) is 0 Å². The number of hydrogen-bond donors (Lipinski definition) is 2. The molecular weight excluding hydrogens is 380 g/mol. The number of amides is 1. The molecule has 3 heterocycles. The Bertz CT molecular complexity index is 1180. The fraction of sp³-hybridized carbons (Fsp3) is 0.174. The highest BCUT2D eigenvalue weighted by molar-refractivity contribution is 7.21. The van der Waals surface area contributed by atoms with E-state index < -0.39 is 0 Å². The number of thiophene rings is 1. The predicted molar refractivity (Wildman–Crippen MR) is 120 cm³/mol. The van der Waals surface area contributed by atoms with E-state index in [1.165, 1.54) is 16.9 Å². The largest absolute Gasteiger partial charge is 0.397 e. The lowest BCUT2D eigenvalue weighted by Crippen LogP contribution is -2.13. The first-order valence-corrected chi connectivity index (χ1v) is 10.2. The van der Waals surface area contributed by atoms with Crippen molar-refractivity contribution in [3.8, 4) is 11.4 Å². The van der Waals surface area contributed by atoms with Crippen molar-refractivity contribution in [2.24, 2.45) is 0 Å². The molecule has 0 aliphatic rings. The predicted octanol–water partition coefficient (Wildman–Crippen LogP) is 5.49. The number of fused-ring (bicyclic) bond motifs is 1. The third-order valence-corrected chi connectivity index (χ3v) is 5.85. The number of anilines is 2. The van der Waals surface area contributed by atoms with Crippen LogP contribution in [0.5, 0.6) is 0 Å². The highest BCUT2D eigenvalue weighted by atomic mass is 32.1. The van der Waals surface area contributed by atoms with Crippen LogP contribution in [-0.2, 0) is 5.41 Å². The van der Waals surface area contributed by atoms with Gasteiger partial charge in [-0.3, -0.25) is 9.78 Å². The molecule has 29 heavy (non-hydrogen) atoms. The van der Waals surface area contributed by atoms with Gasteiger partial charge in [0.25, 0.3) is 5.91 Å². The van der Waals surface area contributed by atoms with Crippen molar-refractivity contribution in [1.82, 2.24) is 9.97 Å². The molecule has 4 rings (SSSR count). The van der Waals surface area contributed by atoms with Gasteiger partial charge >= 0.3 is 0 Å². The molecule has 0 aliphatic heterocycles. The van der Waals surface area contributed by atoms with Crippen molar-refractivity contribution in [1.29, 1.82) is 0 Å². The smallest absolute Gasteiger partial charge is 0.267 e. The average molecular weight is 403 g/mol. The molecule has 3 N–H and O–H groups in total. The van der Waals surface area contributed by atoms with Crippen LogP contribution in [0.4, 0.5) is 11.4 Å². The normalized spacial score (nSPS) is 11.6. The Morgan fingerprint density at radius 2 is 1.76 bits per heavy atom. The van der Waals surface area contributed by atoms with E-state index in [0.29, 0.717) is 10.6 Å². The van der Waals surface area contributed by atoms with E-state index in [-0.39, 0.29) is 11.3 Å². The highest BCUT2D eigenvalue weighted by Gasteiger charge is 2.19. The second kappa shape index (κ2) is 7.29. The number of nitrogen functional groups attached to an aromatic ring is 1. The summed E-state index contributed by atoms with van der Waals surface area (Å²) in [5.74, 6) is -0.228. The number of pyridine rings is 2. The van der Waals surface area contributed by atoms with E-state index in [1.807, 2.05) is 54.6 Å². The average Bonchev–Trinajstić information content (AvgIpc) is 3.04. The Kier molecular flexibility index (Phi) is 4.80. The number of nitrogens with one attached hydrogen (secondary N) is 1. The summed E-state index contributed by atoms with van der Waals surface area (Å²) in [5.41, 5.74) is 10.3. The molecule has 146 valence electrons. The number of carbonyl (C=O) groups is 1. The van der Waals surface area contributed by atoms with E-state index in [1.54, 1.807) is 6.20 Å². The van der Waals surface area contributed by atoms with E-state index in [2.05, 4.69) is 36.1 Å². The number of benzene rings is 1. The molecular formula is C23H22N4OS. The fourth-order valence-electron chi connectivity index (χ4n) is 3.06. The van der Waals surface area contributed by atoms with Crippen LogP contribution in [0.2, 0.25) is 0 Å². The molecule has 0 saturated heterocycles. The van der Waals surface area contributed by atoms with Gasteiger partial charge in [-0.1, -0.05) is 39.0 Å². The lowest BCUT2D eigenvalue weighted by molar-refractivity contribution is 0.103. The van der Waals surface area contributed by atoms with Gasteiger partial charge in [-0.25, -0.2) is 4.98 Å². The molecule has 0 unspecified atom stereocenters. The van der Waals surface area contributed by atoms with Gasteiger partial charge < -0.3 is 11.1 Å². The minimum absolute atomic E-state index is 0.0649. The van der Waals surface area contributed by atoms with Gasteiger partial charge in [0.1, 0.15) is 9.71 Å². The summed E-state index contributed by atoms with van der Waals surface area (Å²) in [6.45, 7) is 6.47. The maximum absolute atomic E-state index is 12.8. The lowest BCUT2D eigenvalue weighted by atomic mass is 9.87. The molecule has 1 aromatic carbocycles. The van der Waals surface area contributed by atoms with Crippen LogP contribution < -0.4 is 11.1 Å². The van der Waals surface area contributed by atoms with Crippen LogP contribution in [0.1, 0.15) is 36.0 Å². The van der Waals surface area contributed by atoms with E-state index in [4.69, 9.17) is 5.73 Å². The third kappa shape index (κ3) is 3.84. The molecule has 0 spiro atoms. The molecule has 3 aromatic heterocycles. The van der Waals surface area contributed by atoms with E-state index >= 15 is 0 Å². The van der Waals surface area contributed by atoms with Crippen LogP contribution in [-0.4, -0.2) is 15.9 Å². The van der Waals surface area contributed by atoms with Crippen molar-refractivity contribution in [2.45, 2.75) is 26.2 Å². The van der Waals surface area contributed by atoms with Crippen LogP contribution in [0.15, 0.2) is 60.8 Å². The van der Waals surface area contributed by atoms with Gasteiger partial charge in [0.05, 0.1) is 17.1 Å². The fourth-order valence-corrected chi connectivity index (χ4v) is 4.05. The Morgan fingerprint density at radius 3 is 2.41 bits per heavy atom. The molecule has 0 saturated carbocycles. The second-order valence-electron chi connectivity index (χ2n) is 7.89. The summed E-state index contributed by atoms with van der Waals surface area (Å²) >= 11 is 1.29. The minimum Gasteiger partial charge on any atom is -0.397 e. The van der Waals surface area contributed by atoms with Crippen molar-refractivity contribution >= 4 is 38.8 Å². The lowest BCUT2D eigenvalue weighted by Gasteiger charge is -2.19. The number of hydrogen-bond acceptors (Lipinski definition) is 5. The van der Waals surface area contributed by atoms with Gasteiger partial charge in [0.2, 0.25) is 0 Å². The number of carbonyl (C=O) groups excluding carboxylic acids is 1. The molecule has 0 radical (unpaired) electrons. The van der Waals surface area contributed by atoms with Crippen molar-refractivity contribution in [3.63, 3.8) is 0 Å². The summed E-state index contributed by atoms with van der Waals surface area (Å²) in [6, 6.07) is 17.4.